The van der Waals surface area contributed by atoms with Gasteiger partial charge in [-0.15, -0.1) is 0 Å². The minimum atomic E-state index is -0.410. The van der Waals surface area contributed by atoms with E-state index >= 15 is 0 Å². The molecule has 1 aliphatic carbocycles. The molecule has 0 radical (unpaired) electrons. The van der Waals surface area contributed by atoms with Gasteiger partial charge in [0.25, 0.3) is 0 Å². The number of hydrogen-bond donors (Lipinski definition) is 0. The van der Waals surface area contributed by atoms with Gasteiger partial charge in [-0.2, -0.15) is 0 Å². The van der Waals surface area contributed by atoms with Gasteiger partial charge in [-0.1, -0.05) is 24.2 Å². The molecule has 2 heteroatoms. The maximum atomic E-state index is 2.31. The van der Waals surface area contributed by atoms with Crippen molar-refractivity contribution in [2.24, 2.45) is 0 Å². The van der Waals surface area contributed by atoms with E-state index in [1.54, 1.807) is 11.1 Å². The standard InChI is InChI=1S/C9H14.C4H13NSi/c1-6-5-7(2)9(4)8(6)3;1-5(2)6(3)4/h5H2,1-4H3;6H,1-4H3. The second kappa shape index (κ2) is 6.29. The van der Waals surface area contributed by atoms with E-state index in [-0.39, 0.29) is 0 Å². The number of rotatable bonds is 1. The fraction of sp³-hybridized carbons (Fsp3) is 0.692. The summed E-state index contributed by atoms with van der Waals surface area (Å²) in [6, 6.07) is 0. The average Bonchev–Trinajstić information content (AvgIpc) is 2.34. The molecule has 0 aromatic rings. The third-order valence-corrected chi connectivity index (χ3v) is 5.47. The summed E-state index contributed by atoms with van der Waals surface area (Å²) in [5, 5.41) is 0. The Balaban J connectivity index is 0.000000288. The van der Waals surface area contributed by atoms with Crippen LogP contribution in [0.4, 0.5) is 0 Å². The minimum absolute atomic E-state index is 0.410. The van der Waals surface area contributed by atoms with Gasteiger partial charge < -0.3 is 4.57 Å². The predicted octanol–water partition coefficient (Wildman–Crippen LogP) is 3.59. The SMILES string of the molecule is CC1=C(C)C(C)=C(C)C1.CN(C)[SiH](C)C. The van der Waals surface area contributed by atoms with Crippen molar-refractivity contribution in [3.05, 3.63) is 22.3 Å². The van der Waals surface area contributed by atoms with Crippen LogP contribution < -0.4 is 0 Å². The molecule has 1 rings (SSSR count). The summed E-state index contributed by atoms with van der Waals surface area (Å²) in [6.45, 7) is 13.5. The van der Waals surface area contributed by atoms with E-state index in [0.717, 1.165) is 0 Å². The highest BCUT2D eigenvalue weighted by molar-refractivity contribution is 6.52. The van der Waals surface area contributed by atoms with Crippen LogP contribution >= 0.6 is 0 Å². The van der Waals surface area contributed by atoms with Crippen molar-refractivity contribution in [3.63, 3.8) is 0 Å². The monoisotopic (exact) mass is 225 g/mol. The van der Waals surface area contributed by atoms with Crippen LogP contribution in [0.2, 0.25) is 13.1 Å². The normalized spacial score (nSPS) is 16.4. The van der Waals surface area contributed by atoms with Gasteiger partial charge in [0.1, 0.15) is 8.96 Å². The molecule has 1 nitrogen and oxygen atoms in total. The molecule has 88 valence electrons. The van der Waals surface area contributed by atoms with Crippen molar-refractivity contribution >= 4 is 8.96 Å². The van der Waals surface area contributed by atoms with E-state index in [1.807, 2.05) is 0 Å². The number of allylic oxidation sites excluding steroid dienone is 4. The van der Waals surface area contributed by atoms with E-state index in [2.05, 4.69) is 59.4 Å². The predicted molar refractivity (Wildman–Crippen MR) is 73.9 cm³/mol. The molecule has 0 heterocycles. The molecule has 0 amide bonds. The molecule has 0 fully saturated rings. The molecule has 0 saturated carbocycles. The van der Waals surface area contributed by atoms with Crippen molar-refractivity contribution in [1.82, 2.24) is 4.57 Å². The van der Waals surface area contributed by atoms with E-state index < -0.39 is 8.96 Å². The summed E-state index contributed by atoms with van der Waals surface area (Å²) in [5.74, 6) is 0. The molecule has 0 aromatic carbocycles. The molecular weight excluding hydrogens is 198 g/mol. The second-order valence-electron chi connectivity index (χ2n) is 5.04. The van der Waals surface area contributed by atoms with Crippen molar-refractivity contribution in [2.75, 3.05) is 14.1 Å². The van der Waals surface area contributed by atoms with Crippen LogP contribution in [0.15, 0.2) is 22.3 Å². The minimum Gasteiger partial charge on any atom is -0.332 e. The topological polar surface area (TPSA) is 3.24 Å². The lowest BCUT2D eigenvalue weighted by Crippen LogP contribution is -2.25. The molecule has 0 N–H and O–H groups in total. The lowest BCUT2D eigenvalue weighted by molar-refractivity contribution is 0.648. The van der Waals surface area contributed by atoms with E-state index in [0.29, 0.717) is 0 Å². The van der Waals surface area contributed by atoms with Gasteiger partial charge in [0.2, 0.25) is 0 Å². The van der Waals surface area contributed by atoms with Crippen molar-refractivity contribution in [3.8, 4) is 0 Å². The van der Waals surface area contributed by atoms with Crippen LogP contribution in [0, 0.1) is 0 Å². The molecule has 0 aliphatic heterocycles. The van der Waals surface area contributed by atoms with Crippen LogP contribution in [0.25, 0.3) is 0 Å². The van der Waals surface area contributed by atoms with Crippen molar-refractivity contribution in [2.45, 2.75) is 47.2 Å². The first kappa shape index (κ1) is 14.7. The van der Waals surface area contributed by atoms with Crippen LogP contribution in [-0.2, 0) is 0 Å². The first-order valence-electron chi connectivity index (χ1n) is 5.76. The van der Waals surface area contributed by atoms with Crippen molar-refractivity contribution in [1.29, 1.82) is 0 Å². The van der Waals surface area contributed by atoms with E-state index in [1.165, 1.54) is 17.6 Å². The van der Waals surface area contributed by atoms with Gasteiger partial charge >= 0.3 is 0 Å². The average molecular weight is 225 g/mol. The zero-order valence-corrected chi connectivity index (χ0v) is 12.9. The quantitative estimate of drug-likeness (QED) is 0.616. The van der Waals surface area contributed by atoms with Gasteiger partial charge in [-0.05, 0) is 59.4 Å². The van der Waals surface area contributed by atoms with Gasteiger partial charge in [-0.25, -0.2) is 0 Å². The van der Waals surface area contributed by atoms with Gasteiger partial charge in [-0.3, -0.25) is 0 Å². The zero-order chi connectivity index (χ0) is 12.2. The lowest BCUT2D eigenvalue weighted by Gasteiger charge is -2.10. The van der Waals surface area contributed by atoms with Gasteiger partial charge in [0.15, 0.2) is 0 Å². The maximum absolute atomic E-state index is 2.31. The first-order chi connectivity index (χ1) is 6.77. The molecule has 0 saturated heterocycles. The molecule has 0 unspecified atom stereocenters. The van der Waals surface area contributed by atoms with Crippen LogP contribution in [0.1, 0.15) is 34.1 Å². The van der Waals surface area contributed by atoms with Gasteiger partial charge in [0, 0.05) is 0 Å². The third-order valence-electron chi connectivity index (χ3n) is 3.41. The number of hydrogen-bond acceptors (Lipinski definition) is 1. The van der Waals surface area contributed by atoms with Crippen LogP contribution in [0.3, 0.4) is 0 Å². The summed E-state index contributed by atoms with van der Waals surface area (Å²) in [4.78, 5) is 0. The zero-order valence-electron chi connectivity index (χ0n) is 11.7. The van der Waals surface area contributed by atoms with Gasteiger partial charge in [0.05, 0.1) is 0 Å². The van der Waals surface area contributed by atoms with Crippen molar-refractivity contribution < 1.29 is 0 Å². The fourth-order valence-electron chi connectivity index (χ4n) is 1.30. The maximum Gasteiger partial charge on any atom is 0.105 e. The summed E-state index contributed by atoms with van der Waals surface area (Å²) < 4.78 is 2.31. The fourth-order valence-corrected chi connectivity index (χ4v) is 1.30. The highest BCUT2D eigenvalue weighted by atomic mass is 28.3. The summed E-state index contributed by atoms with van der Waals surface area (Å²) in [7, 11) is 3.86. The Labute approximate surface area is 97.6 Å². The highest BCUT2D eigenvalue weighted by Gasteiger charge is 2.10. The van der Waals surface area contributed by atoms with E-state index in [4.69, 9.17) is 0 Å². The van der Waals surface area contributed by atoms with E-state index in [9.17, 15) is 0 Å². The highest BCUT2D eigenvalue weighted by Crippen LogP contribution is 2.30. The Bertz CT molecular complexity index is 244. The van der Waals surface area contributed by atoms with Crippen LogP contribution in [-0.4, -0.2) is 27.6 Å². The Hall–Kier alpha value is -0.343. The molecule has 0 atom stereocenters. The van der Waals surface area contributed by atoms with Crippen LogP contribution in [0.5, 0.6) is 0 Å². The molecule has 0 bridgehead atoms. The Kier molecular flexibility index (Phi) is 6.14. The second-order valence-corrected chi connectivity index (χ2v) is 8.27. The Morgan fingerprint density at radius 2 is 1.13 bits per heavy atom. The Morgan fingerprint density at radius 1 is 0.867 bits per heavy atom. The third kappa shape index (κ3) is 4.80. The summed E-state index contributed by atoms with van der Waals surface area (Å²) >= 11 is 0. The smallest absolute Gasteiger partial charge is 0.105 e. The first-order valence-corrected chi connectivity index (χ1v) is 8.59. The Morgan fingerprint density at radius 3 is 1.20 bits per heavy atom. The summed E-state index contributed by atoms with van der Waals surface area (Å²) in [6.07, 6.45) is 1.21. The molecular formula is C13H27NSi. The summed E-state index contributed by atoms with van der Waals surface area (Å²) in [5.41, 5.74) is 6.11. The molecule has 0 aromatic heterocycles. The largest absolute Gasteiger partial charge is 0.332 e. The lowest BCUT2D eigenvalue weighted by atomic mass is 10.1. The molecule has 1 aliphatic rings. The number of nitrogens with zero attached hydrogens (tertiary/aromatic N) is 1. The molecule has 15 heavy (non-hydrogen) atoms. The molecule has 0 spiro atoms.